The summed E-state index contributed by atoms with van der Waals surface area (Å²) in [7, 11) is 0. The molecule has 0 aliphatic rings. The fraction of sp³-hybridized carbons (Fsp3) is 0.222. The summed E-state index contributed by atoms with van der Waals surface area (Å²) in [5.41, 5.74) is 0.714. The molecule has 0 heterocycles. The highest BCUT2D eigenvalue weighted by Crippen LogP contribution is 2.12. The highest BCUT2D eigenvalue weighted by molar-refractivity contribution is 7.80. The van der Waals surface area contributed by atoms with Crippen LogP contribution >= 0.6 is 24.2 Å². The van der Waals surface area contributed by atoms with Gasteiger partial charge in [-0.2, -0.15) is 12.6 Å². The monoisotopic (exact) mass is 230 g/mol. The number of hydrogen-bond donors (Lipinski definition) is 3. The van der Waals surface area contributed by atoms with Crippen molar-refractivity contribution in [1.29, 1.82) is 0 Å². The Morgan fingerprint density at radius 2 is 2.00 bits per heavy atom. The van der Waals surface area contributed by atoms with Gasteiger partial charge in [-0.25, -0.2) is 4.79 Å². The number of thiol groups is 1. The van der Waals surface area contributed by atoms with Crippen molar-refractivity contribution in [3.05, 3.63) is 29.3 Å². The average Bonchev–Trinajstić information content (AvgIpc) is 2.18. The Labute approximate surface area is 93.2 Å². The molecule has 2 amide bonds. The number of halogens is 1. The first-order valence-electron chi connectivity index (χ1n) is 4.13. The Morgan fingerprint density at radius 3 is 2.57 bits per heavy atom. The molecular weight excluding hydrogens is 220 g/mol. The Morgan fingerprint density at radius 1 is 1.36 bits per heavy atom. The van der Waals surface area contributed by atoms with Gasteiger partial charge in [0.2, 0.25) is 0 Å². The summed E-state index contributed by atoms with van der Waals surface area (Å²) in [5.74, 6) is 0.619. The molecule has 76 valence electrons. The number of rotatable bonds is 3. The van der Waals surface area contributed by atoms with Gasteiger partial charge in [0, 0.05) is 23.0 Å². The van der Waals surface area contributed by atoms with Crippen LogP contribution < -0.4 is 10.6 Å². The maximum atomic E-state index is 11.2. The number of carbonyl (C=O) groups excluding carboxylic acids is 1. The second-order valence-electron chi connectivity index (χ2n) is 2.61. The minimum atomic E-state index is -0.235. The molecule has 1 aromatic carbocycles. The summed E-state index contributed by atoms with van der Waals surface area (Å²) in [5, 5.41) is 5.94. The average molecular weight is 231 g/mol. The van der Waals surface area contributed by atoms with Crippen molar-refractivity contribution < 1.29 is 4.79 Å². The molecule has 1 rings (SSSR count). The van der Waals surface area contributed by atoms with Crippen LogP contribution in [-0.2, 0) is 0 Å². The Hall–Kier alpha value is -0.870. The van der Waals surface area contributed by atoms with E-state index in [1.807, 2.05) is 0 Å². The Kier molecular flexibility index (Phi) is 4.62. The summed E-state index contributed by atoms with van der Waals surface area (Å²) in [6.45, 7) is 0.544. The molecule has 5 heteroatoms. The zero-order valence-electron chi connectivity index (χ0n) is 7.46. The quantitative estimate of drug-likeness (QED) is 0.686. The third kappa shape index (κ3) is 3.89. The Bertz CT molecular complexity index is 302. The van der Waals surface area contributed by atoms with Crippen molar-refractivity contribution in [3.63, 3.8) is 0 Å². The van der Waals surface area contributed by atoms with Crippen LogP contribution in [0.2, 0.25) is 5.02 Å². The number of urea groups is 1. The first kappa shape index (κ1) is 11.2. The smallest absolute Gasteiger partial charge is 0.319 e. The molecule has 3 nitrogen and oxygen atoms in total. The van der Waals surface area contributed by atoms with E-state index in [-0.39, 0.29) is 6.03 Å². The van der Waals surface area contributed by atoms with Crippen LogP contribution in [0, 0.1) is 0 Å². The van der Waals surface area contributed by atoms with E-state index in [0.29, 0.717) is 23.0 Å². The molecule has 0 fully saturated rings. The van der Waals surface area contributed by atoms with E-state index in [9.17, 15) is 4.79 Å². The largest absolute Gasteiger partial charge is 0.337 e. The number of anilines is 1. The van der Waals surface area contributed by atoms with E-state index >= 15 is 0 Å². The fourth-order valence-electron chi connectivity index (χ4n) is 0.878. The third-order valence-corrected chi connectivity index (χ3v) is 1.98. The molecule has 2 N–H and O–H groups in total. The topological polar surface area (TPSA) is 41.1 Å². The lowest BCUT2D eigenvalue weighted by atomic mass is 10.3. The van der Waals surface area contributed by atoms with Gasteiger partial charge < -0.3 is 10.6 Å². The van der Waals surface area contributed by atoms with Crippen molar-refractivity contribution in [2.24, 2.45) is 0 Å². The van der Waals surface area contributed by atoms with Gasteiger partial charge in [0.15, 0.2) is 0 Å². The highest BCUT2D eigenvalue weighted by Gasteiger charge is 1.99. The van der Waals surface area contributed by atoms with Crippen molar-refractivity contribution in [3.8, 4) is 0 Å². The standard InChI is InChI=1S/C9H11ClN2OS/c10-7-1-3-8(4-2-7)12-9(13)11-5-6-14/h1-4,14H,5-6H2,(H2,11,12,13). The van der Waals surface area contributed by atoms with Crippen LogP contribution in [0.5, 0.6) is 0 Å². The second-order valence-corrected chi connectivity index (χ2v) is 3.50. The zero-order chi connectivity index (χ0) is 10.4. The lowest BCUT2D eigenvalue weighted by molar-refractivity contribution is 0.252. The van der Waals surface area contributed by atoms with Crippen LogP contribution in [0.25, 0.3) is 0 Å². The molecule has 0 aliphatic carbocycles. The van der Waals surface area contributed by atoms with Gasteiger partial charge in [-0.3, -0.25) is 0 Å². The van der Waals surface area contributed by atoms with Gasteiger partial charge in [-0.1, -0.05) is 11.6 Å². The van der Waals surface area contributed by atoms with Crippen LogP contribution in [-0.4, -0.2) is 18.3 Å². The second kappa shape index (κ2) is 5.78. The minimum absolute atomic E-state index is 0.235. The predicted octanol–water partition coefficient (Wildman–Crippen LogP) is 2.39. The number of amides is 2. The molecule has 1 aromatic rings. The van der Waals surface area contributed by atoms with Gasteiger partial charge in [-0.05, 0) is 24.3 Å². The predicted molar refractivity (Wildman–Crippen MR) is 62.3 cm³/mol. The maximum Gasteiger partial charge on any atom is 0.319 e. The summed E-state index contributed by atoms with van der Waals surface area (Å²) in [6, 6.07) is 6.68. The van der Waals surface area contributed by atoms with Crippen molar-refractivity contribution in [2.45, 2.75) is 0 Å². The molecule has 0 aliphatic heterocycles. The van der Waals surface area contributed by atoms with E-state index in [1.165, 1.54) is 0 Å². The molecule has 0 saturated carbocycles. The van der Waals surface area contributed by atoms with Crippen LogP contribution in [0.3, 0.4) is 0 Å². The van der Waals surface area contributed by atoms with Gasteiger partial charge >= 0.3 is 6.03 Å². The number of nitrogens with one attached hydrogen (secondary N) is 2. The van der Waals surface area contributed by atoms with E-state index in [1.54, 1.807) is 24.3 Å². The lowest BCUT2D eigenvalue weighted by Crippen LogP contribution is -2.30. The molecular formula is C9H11ClN2OS. The zero-order valence-corrected chi connectivity index (χ0v) is 9.11. The lowest BCUT2D eigenvalue weighted by Gasteiger charge is -2.05. The summed E-state index contributed by atoms with van der Waals surface area (Å²) in [4.78, 5) is 11.2. The van der Waals surface area contributed by atoms with Crippen molar-refractivity contribution in [1.82, 2.24) is 5.32 Å². The van der Waals surface area contributed by atoms with E-state index < -0.39 is 0 Å². The minimum Gasteiger partial charge on any atom is -0.337 e. The first-order chi connectivity index (χ1) is 6.72. The molecule has 0 spiro atoms. The fourth-order valence-corrected chi connectivity index (χ4v) is 1.12. The first-order valence-corrected chi connectivity index (χ1v) is 5.14. The molecule has 0 aromatic heterocycles. The summed E-state index contributed by atoms with van der Waals surface area (Å²) >= 11 is 9.67. The summed E-state index contributed by atoms with van der Waals surface area (Å²) < 4.78 is 0. The molecule has 0 bridgehead atoms. The molecule has 0 atom stereocenters. The number of carbonyl (C=O) groups is 1. The van der Waals surface area contributed by atoms with Crippen molar-refractivity contribution in [2.75, 3.05) is 17.6 Å². The Balaban J connectivity index is 2.44. The number of benzene rings is 1. The van der Waals surface area contributed by atoms with Crippen LogP contribution in [0.4, 0.5) is 10.5 Å². The van der Waals surface area contributed by atoms with Gasteiger partial charge in [-0.15, -0.1) is 0 Å². The molecule has 0 unspecified atom stereocenters. The maximum absolute atomic E-state index is 11.2. The van der Waals surface area contributed by atoms with Crippen LogP contribution in [0.1, 0.15) is 0 Å². The molecule has 0 radical (unpaired) electrons. The van der Waals surface area contributed by atoms with E-state index in [4.69, 9.17) is 11.6 Å². The van der Waals surface area contributed by atoms with E-state index in [0.717, 1.165) is 0 Å². The summed E-state index contributed by atoms with van der Waals surface area (Å²) in [6.07, 6.45) is 0. The molecule has 0 saturated heterocycles. The van der Waals surface area contributed by atoms with Gasteiger partial charge in [0.1, 0.15) is 0 Å². The van der Waals surface area contributed by atoms with Crippen molar-refractivity contribution >= 4 is 35.9 Å². The van der Waals surface area contributed by atoms with Crippen LogP contribution in [0.15, 0.2) is 24.3 Å². The molecule has 14 heavy (non-hydrogen) atoms. The normalized spacial score (nSPS) is 9.57. The highest BCUT2D eigenvalue weighted by atomic mass is 35.5. The number of hydrogen-bond acceptors (Lipinski definition) is 2. The van der Waals surface area contributed by atoms with Gasteiger partial charge in [0.05, 0.1) is 0 Å². The van der Waals surface area contributed by atoms with Gasteiger partial charge in [0.25, 0.3) is 0 Å². The SMILES string of the molecule is O=C(NCCS)Nc1ccc(Cl)cc1. The third-order valence-electron chi connectivity index (χ3n) is 1.50. The van der Waals surface area contributed by atoms with E-state index in [2.05, 4.69) is 23.3 Å².